The Hall–Kier alpha value is -1.32. The molecule has 0 saturated carbocycles. The quantitative estimate of drug-likeness (QED) is 0.531. The summed E-state index contributed by atoms with van der Waals surface area (Å²) >= 11 is 0. The number of anilines is 1. The number of nitrogens with zero attached hydrogens (tertiary/aromatic N) is 1. The van der Waals surface area contributed by atoms with Crippen LogP contribution in [0.15, 0.2) is 36.9 Å². The van der Waals surface area contributed by atoms with E-state index in [0.717, 1.165) is 31.6 Å². The first kappa shape index (κ1) is 13.7. The van der Waals surface area contributed by atoms with Crippen molar-refractivity contribution in [1.29, 1.82) is 0 Å². The third-order valence-electron chi connectivity index (χ3n) is 2.78. The average molecular weight is 234 g/mol. The van der Waals surface area contributed by atoms with Gasteiger partial charge in [0.05, 0.1) is 6.61 Å². The van der Waals surface area contributed by atoms with Crippen molar-refractivity contribution in [2.75, 3.05) is 32.0 Å². The monoisotopic (exact) mass is 234 g/mol. The normalized spacial score (nSPS) is 10.7. The summed E-state index contributed by atoms with van der Waals surface area (Å²) in [7, 11) is 0. The van der Waals surface area contributed by atoms with E-state index in [4.69, 9.17) is 10.8 Å². The van der Waals surface area contributed by atoms with E-state index in [1.807, 2.05) is 24.3 Å². The molecule has 0 unspecified atom stereocenters. The standard InChI is InChI=1S/C14H22N2O/c1-2-9-16(11-12-17)10-5-7-13-6-3-4-8-14(13)15/h2-4,6,8,17H,1,5,7,9-12,15H2. The maximum Gasteiger partial charge on any atom is 0.0558 e. The molecule has 0 amide bonds. The molecule has 0 atom stereocenters. The Morgan fingerprint density at radius 2 is 2.06 bits per heavy atom. The lowest BCUT2D eigenvalue weighted by Gasteiger charge is -2.19. The molecular weight excluding hydrogens is 212 g/mol. The van der Waals surface area contributed by atoms with E-state index in [2.05, 4.69) is 17.5 Å². The van der Waals surface area contributed by atoms with Gasteiger partial charge >= 0.3 is 0 Å². The van der Waals surface area contributed by atoms with Gasteiger partial charge in [0.1, 0.15) is 0 Å². The molecule has 0 radical (unpaired) electrons. The van der Waals surface area contributed by atoms with Gasteiger partial charge in [0.15, 0.2) is 0 Å². The molecule has 0 aromatic heterocycles. The third kappa shape index (κ3) is 5.02. The lowest BCUT2D eigenvalue weighted by molar-refractivity contribution is 0.207. The molecule has 3 N–H and O–H groups in total. The highest BCUT2D eigenvalue weighted by Crippen LogP contribution is 2.12. The minimum atomic E-state index is 0.196. The van der Waals surface area contributed by atoms with Crippen LogP contribution in [0.25, 0.3) is 0 Å². The summed E-state index contributed by atoms with van der Waals surface area (Å²) in [5, 5.41) is 8.93. The zero-order chi connectivity index (χ0) is 12.5. The number of nitrogen functional groups attached to an aromatic ring is 1. The Balaban J connectivity index is 2.35. The SMILES string of the molecule is C=CCN(CCO)CCCc1ccccc1N. The number of rotatable bonds is 8. The number of nitrogens with two attached hydrogens (primary N) is 1. The van der Waals surface area contributed by atoms with Crippen molar-refractivity contribution in [3.63, 3.8) is 0 Å². The van der Waals surface area contributed by atoms with Gasteiger partial charge in [-0.2, -0.15) is 0 Å². The molecule has 1 aromatic rings. The second-order valence-corrected chi connectivity index (χ2v) is 4.12. The van der Waals surface area contributed by atoms with Crippen LogP contribution >= 0.6 is 0 Å². The summed E-state index contributed by atoms with van der Waals surface area (Å²) in [6, 6.07) is 7.97. The van der Waals surface area contributed by atoms with Gasteiger partial charge in [-0.15, -0.1) is 6.58 Å². The van der Waals surface area contributed by atoms with Gasteiger partial charge in [0, 0.05) is 18.8 Å². The van der Waals surface area contributed by atoms with E-state index >= 15 is 0 Å². The zero-order valence-electron chi connectivity index (χ0n) is 10.3. The molecule has 3 nitrogen and oxygen atoms in total. The molecule has 0 aliphatic rings. The Morgan fingerprint density at radius 3 is 2.71 bits per heavy atom. The van der Waals surface area contributed by atoms with Gasteiger partial charge in [0.25, 0.3) is 0 Å². The van der Waals surface area contributed by atoms with Gasteiger partial charge in [-0.25, -0.2) is 0 Å². The number of aliphatic hydroxyl groups is 1. The van der Waals surface area contributed by atoms with Crippen molar-refractivity contribution < 1.29 is 5.11 Å². The predicted molar refractivity (Wildman–Crippen MR) is 72.9 cm³/mol. The smallest absolute Gasteiger partial charge is 0.0558 e. The van der Waals surface area contributed by atoms with Gasteiger partial charge in [0.2, 0.25) is 0 Å². The molecule has 0 aliphatic heterocycles. The number of para-hydroxylation sites is 1. The van der Waals surface area contributed by atoms with Crippen LogP contribution in [0.2, 0.25) is 0 Å². The van der Waals surface area contributed by atoms with E-state index in [0.29, 0.717) is 6.54 Å². The molecule has 1 rings (SSSR count). The van der Waals surface area contributed by atoms with E-state index in [-0.39, 0.29) is 6.61 Å². The lowest BCUT2D eigenvalue weighted by Crippen LogP contribution is -2.28. The Morgan fingerprint density at radius 1 is 1.29 bits per heavy atom. The average Bonchev–Trinajstić information content (AvgIpc) is 2.32. The van der Waals surface area contributed by atoms with E-state index in [1.54, 1.807) is 0 Å². The highest BCUT2D eigenvalue weighted by molar-refractivity contribution is 5.46. The van der Waals surface area contributed by atoms with Crippen LogP contribution in [0.1, 0.15) is 12.0 Å². The summed E-state index contributed by atoms with van der Waals surface area (Å²) in [4.78, 5) is 2.19. The second-order valence-electron chi connectivity index (χ2n) is 4.12. The van der Waals surface area contributed by atoms with E-state index in [1.165, 1.54) is 5.56 Å². The maximum atomic E-state index is 8.93. The van der Waals surface area contributed by atoms with Crippen molar-refractivity contribution in [2.45, 2.75) is 12.8 Å². The maximum absolute atomic E-state index is 8.93. The molecule has 0 bridgehead atoms. The van der Waals surface area contributed by atoms with Crippen LogP contribution in [-0.4, -0.2) is 36.2 Å². The summed E-state index contributed by atoms with van der Waals surface area (Å²) in [6.45, 7) is 6.40. The molecule has 0 heterocycles. The molecule has 94 valence electrons. The minimum absolute atomic E-state index is 0.196. The Kier molecular flexibility index (Phi) is 6.37. The lowest BCUT2D eigenvalue weighted by atomic mass is 10.1. The van der Waals surface area contributed by atoms with Gasteiger partial charge in [-0.1, -0.05) is 24.3 Å². The summed E-state index contributed by atoms with van der Waals surface area (Å²) in [5.74, 6) is 0. The van der Waals surface area contributed by atoms with Crippen molar-refractivity contribution in [2.24, 2.45) is 0 Å². The molecule has 17 heavy (non-hydrogen) atoms. The zero-order valence-corrected chi connectivity index (χ0v) is 10.3. The van der Waals surface area contributed by atoms with Crippen LogP contribution in [0.3, 0.4) is 0 Å². The summed E-state index contributed by atoms with van der Waals surface area (Å²) in [6.07, 6.45) is 3.89. The van der Waals surface area contributed by atoms with E-state index in [9.17, 15) is 0 Å². The molecular formula is C14H22N2O. The number of hydrogen-bond donors (Lipinski definition) is 2. The Labute approximate surface area is 104 Å². The molecule has 0 saturated heterocycles. The Bertz CT molecular complexity index is 339. The third-order valence-corrected chi connectivity index (χ3v) is 2.78. The van der Waals surface area contributed by atoms with Crippen LogP contribution in [0.5, 0.6) is 0 Å². The van der Waals surface area contributed by atoms with Crippen LogP contribution in [0.4, 0.5) is 5.69 Å². The van der Waals surface area contributed by atoms with Crippen LogP contribution < -0.4 is 5.73 Å². The molecule has 0 aliphatic carbocycles. The topological polar surface area (TPSA) is 49.5 Å². The van der Waals surface area contributed by atoms with Crippen molar-refractivity contribution in [1.82, 2.24) is 4.90 Å². The summed E-state index contributed by atoms with van der Waals surface area (Å²) in [5.41, 5.74) is 7.95. The number of aryl methyl sites for hydroxylation is 1. The first-order valence-electron chi connectivity index (χ1n) is 6.05. The van der Waals surface area contributed by atoms with Crippen molar-refractivity contribution in [3.8, 4) is 0 Å². The van der Waals surface area contributed by atoms with Crippen LogP contribution in [0, 0.1) is 0 Å². The second kappa shape index (κ2) is 7.87. The highest BCUT2D eigenvalue weighted by atomic mass is 16.3. The number of aliphatic hydroxyl groups excluding tert-OH is 1. The van der Waals surface area contributed by atoms with Gasteiger partial charge in [-0.3, -0.25) is 4.90 Å². The van der Waals surface area contributed by atoms with Gasteiger partial charge < -0.3 is 10.8 Å². The molecule has 0 fully saturated rings. The van der Waals surface area contributed by atoms with E-state index < -0.39 is 0 Å². The minimum Gasteiger partial charge on any atom is -0.399 e. The number of hydrogen-bond acceptors (Lipinski definition) is 3. The van der Waals surface area contributed by atoms with Crippen LogP contribution in [-0.2, 0) is 6.42 Å². The van der Waals surface area contributed by atoms with Crippen molar-refractivity contribution in [3.05, 3.63) is 42.5 Å². The fourth-order valence-corrected chi connectivity index (χ4v) is 1.87. The first-order valence-corrected chi connectivity index (χ1v) is 6.05. The largest absolute Gasteiger partial charge is 0.399 e. The fourth-order valence-electron chi connectivity index (χ4n) is 1.87. The molecule has 3 heteroatoms. The predicted octanol–water partition coefficient (Wildman–Crippen LogP) is 1.68. The molecule has 1 aromatic carbocycles. The fraction of sp³-hybridized carbons (Fsp3) is 0.429. The molecule has 0 spiro atoms. The number of benzene rings is 1. The highest BCUT2D eigenvalue weighted by Gasteiger charge is 2.03. The van der Waals surface area contributed by atoms with Crippen molar-refractivity contribution >= 4 is 5.69 Å². The first-order chi connectivity index (χ1) is 8.27. The summed E-state index contributed by atoms with van der Waals surface area (Å²) < 4.78 is 0. The van der Waals surface area contributed by atoms with Gasteiger partial charge in [-0.05, 0) is 31.0 Å².